The molecule has 1 heterocycles. The molecule has 0 spiro atoms. The zero-order chi connectivity index (χ0) is 15.3. The smallest absolute Gasteiger partial charge is 0.242 e. The first-order valence-corrected chi connectivity index (χ1v) is 7.79. The van der Waals surface area contributed by atoms with E-state index in [1.54, 1.807) is 6.07 Å². The minimum Gasteiger partial charge on any atom is -0.472 e. The van der Waals surface area contributed by atoms with Gasteiger partial charge in [0.25, 0.3) is 0 Å². The highest BCUT2D eigenvalue weighted by Crippen LogP contribution is 2.22. The van der Waals surface area contributed by atoms with Gasteiger partial charge in [-0.2, -0.15) is 0 Å². The lowest BCUT2D eigenvalue weighted by atomic mass is 10.2. The molecule has 2 aromatic rings. The molecule has 0 amide bonds. The van der Waals surface area contributed by atoms with Crippen LogP contribution in [0.25, 0.3) is 0 Å². The van der Waals surface area contributed by atoms with Crippen LogP contribution in [0.5, 0.6) is 0 Å². The highest BCUT2D eigenvalue weighted by atomic mass is 35.5. The van der Waals surface area contributed by atoms with Gasteiger partial charge in [-0.25, -0.2) is 13.1 Å². The van der Waals surface area contributed by atoms with Crippen LogP contribution in [0.2, 0.25) is 5.02 Å². The summed E-state index contributed by atoms with van der Waals surface area (Å²) in [5.74, 6) is 5.12. The van der Waals surface area contributed by atoms with E-state index < -0.39 is 10.0 Å². The van der Waals surface area contributed by atoms with Crippen LogP contribution in [0.3, 0.4) is 0 Å². The molecule has 0 unspecified atom stereocenters. The predicted molar refractivity (Wildman–Crippen MR) is 78.1 cm³/mol. The fourth-order valence-corrected chi connectivity index (χ4v) is 3.15. The third-order valence-corrected chi connectivity index (χ3v) is 4.46. The number of aliphatic hydroxyl groups is 1. The lowest BCUT2D eigenvalue weighted by Gasteiger charge is -2.07. The van der Waals surface area contributed by atoms with Gasteiger partial charge in [-0.1, -0.05) is 23.4 Å². The Morgan fingerprint density at radius 1 is 1.33 bits per heavy atom. The summed E-state index contributed by atoms with van der Waals surface area (Å²) in [5, 5.41) is 8.69. The molecule has 0 fully saturated rings. The Kier molecular flexibility index (Phi) is 5.04. The molecule has 2 rings (SSSR count). The maximum Gasteiger partial charge on any atom is 0.242 e. The molecular weight excluding hydrogens is 314 g/mol. The highest BCUT2D eigenvalue weighted by Gasteiger charge is 2.17. The molecule has 2 N–H and O–H groups in total. The molecule has 0 aliphatic heterocycles. The van der Waals surface area contributed by atoms with Crippen molar-refractivity contribution in [2.75, 3.05) is 6.61 Å². The number of rotatable bonds is 4. The van der Waals surface area contributed by atoms with Gasteiger partial charge in [0, 0.05) is 17.7 Å². The summed E-state index contributed by atoms with van der Waals surface area (Å²) in [4.78, 5) is -0.0257. The van der Waals surface area contributed by atoms with Crippen molar-refractivity contribution < 1.29 is 17.9 Å². The van der Waals surface area contributed by atoms with E-state index in [2.05, 4.69) is 16.6 Å². The Hall–Kier alpha value is -1.78. The SMILES string of the molecule is O=S(=O)(NCc1ccoc1)c1ccc(C#CCO)cc1Cl. The maximum absolute atomic E-state index is 12.2. The number of nitrogens with one attached hydrogen (secondary N) is 1. The fraction of sp³-hybridized carbons (Fsp3) is 0.143. The third-order valence-electron chi connectivity index (χ3n) is 2.58. The summed E-state index contributed by atoms with van der Waals surface area (Å²) >= 11 is 5.99. The van der Waals surface area contributed by atoms with E-state index in [1.807, 2.05) is 0 Å². The van der Waals surface area contributed by atoms with Crippen molar-refractivity contribution >= 4 is 21.6 Å². The van der Waals surface area contributed by atoms with E-state index in [-0.39, 0.29) is 23.1 Å². The molecule has 110 valence electrons. The van der Waals surface area contributed by atoms with Gasteiger partial charge in [0.15, 0.2) is 0 Å². The normalized spacial score (nSPS) is 11.0. The standard InChI is InChI=1S/C14H12ClNO4S/c15-13-8-11(2-1-6-17)3-4-14(13)21(18,19)16-9-12-5-7-20-10-12/h3-5,7-8,10,16-17H,6,9H2. The minimum atomic E-state index is -3.73. The summed E-state index contributed by atoms with van der Waals surface area (Å²) in [5.41, 5.74) is 1.24. The second-order valence-electron chi connectivity index (χ2n) is 4.06. The number of furan rings is 1. The zero-order valence-electron chi connectivity index (χ0n) is 10.8. The number of benzene rings is 1. The van der Waals surface area contributed by atoms with Crippen LogP contribution in [-0.2, 0) is 16.6 Å². The van der Waals surface area contributed by atoms with Crippen LogP contribution in [0.15, 0.2) is 46.1 Å². The van der Waals surface area contributed by atoms with Gasteiger partial charge in [-0.05, 0) is 24.3 Å². The second-order valence-corrected chi connectivity index (χ2v) is 6.20. The first kappa shape index (κ1) is 15.6. The number of hydrogen-bond donors (Lipinski definition) is 2. The van der Waals surface area contributed by atoms with Crippen LogP contribution in [0.1, 0.15) is 11.1 Å². The Morgan fingerprint density at radius 2 is 2.14 bits per heavy atom. The molecule has 0 atom stereocenters. The van der Waals surface area contributed by atoms with Gasteiger partial charge < -0.3 is 9.52 Å². The quantitative estimate of drug-likeness (QED) is 0.839. The predicted octanol–water partition coefficient (Wildman–Crippen LogP) is 1.76. The van der Waals surface area contributed by atoms with Crippen molar-refractivity contribution in [1.29, 1.82) is 0 Å². The van der Waals surface area contributed by atoms with Crippen LogP contribution < -0.4 is 4.72 Å². The lowest BCUT2D eigenvalue weighted by Crippen LogP contribution is -2.23. The fourth-order valence-electron chi connectivity index (χ4n) is 1.59. The van der Waals surface area contributed by atoms with Crippen molar-refractivity contribution in [3.05, 3.63) is 52.9 Å². The topological polar surface area (TPSA) is 79.5 Å². The van der Waals surface area contributed by atoms with Crippen molar-refractivity contribution in [3.8, 4) is 11.8 Å². The number of aliphatic hydroxyl groups excluding tert-OH is 1. The summed E-state index contributed by atoms with van der Waals surface area (Å²) < 4.78 is 31.6. The molecule has 1 aromatic heterocycles. The largest absolute Gasteiger partial charge is 0.472 e. The van der Waals surface area contributed by atoms with Gasteiger partial charge >= 0.3 is 0 Å². The Labute approximate surface area is 127 Å². The summed E-state index contributed by atoms with van der Waals surface area (Å²) in [6.45, 7) is -0.162. The molecule has 0 saturated heterocycles. The lowest BCUT2D eigenvalue weighted by molar-refractivity contribution is 0.350. The molecule has 1 aromatic carbocycles. The molecular formula is C14H12ClNO4S. The van der Waals surface area contributed by atoms with Gasteiger partial charge in [0.2, 0.25) is 10.0 Å². The van der Waals surface area contributed by atoms with E-state index >= 15 is 0 Å². The minimum absolute atomic E-state index is 0.0257. The number of halogens is 1. The number of hydrogen-bond acceptors (Lipinski definition) is 4. The van der Waals surface area contributed by atoms with Crippen LogP contribution in [-0.4, -0.2) is 20.1 Å². The maximum atomic E-state index is 12.2. The second kappa shape index (κ2) is 6.78. The average Bonchev–Trinajstić information content (AvgIpc) is 2.96. The van der Waals surface area contributed by atoms with E-state index in [0.29, 0.717) is 11.1 Å². The first-order chi connectivity index (χ1) is 10.0. The van der Waals surface area contributed by atoms with Gasteiger partial charge in [-0.15, -0.1) is 0 Å². The van der Waals surface area contributed by atoms with Gasteiger partial charge in [0.05, 0.1) is 17.5 Å². The first-order valence-electron chi connectivity index (χ1n) is 5.93. The van der Waals surface area contributed by atoms with Gasteiger partial charge in [0.1, 0.15) is 11.5 Å². The summed E-state index contributed by atoms with van der Waals surface area (Å²) in [6.07, 6.45) is 2.92. The van der Waals surface area contributed by atoms with E-state index in [4.69, 9.17) is 21.1 Å². The average molecular weight is 326 g/mol. The Balaban J connectivity index is 2.19. The number of sulfonamides is 1. The molecule has 0 aliphatic rings. The third kappa shape index (κ3) is 4.09. The summed E-state index contributed by atoms with van der Waals surface area (Å²) in [6, 6.07) is 6.01. The van der Waals surface area contributed by atoms with E-state index in [0.717, 1.165) is 0 Å². The van der Waals surface area contributed by atoms with Gasteiger partial charge in [-0.3, -0.25) is 0 Å². The van der Waals surface area contributed by atoms with Crippen molar-refractivity contribution in [2.45, 2.75) is 11.4 Å². The molecule has 0 radical (unpaired) electrons. The van der Waals surface area contributed by atoms with Crippen molar-refractivity contribution in [3.63, 3.8) is 0 Å². The molecule has 0 aliphatic carbocycles. The molecule has 21 heavy (non-hydrogen) atoms. The summed E-state index contributed by atoms with van der Waals surface area (Å²) in [7, 11) is -3.73. The molecule has 0 bridgehead atoms. The van der Waals surface area contributed by atoms with Crippen LogP contribution in [0.4, 0.5) is 0 Å². The Morgan fingerprint density at radius 3 is 2.76 bits per heavy atom. The monoisotopic (exact) mass is 325 g/mol. The van der Waals surface area contributed by atoms with Crippen LogP contribution >= 0.6 is 11.6 Å². The van der Waals surface area contributed by atoms with Crippen LogP contribution in [0, 0.1) is 11.8 Å². The zero-order valence-corrected chi connectivity index (χ0v) is 12.4. The van der Waals surface area contributed by atoms with E-state index in [1.165, 1.54) is 30.7 Å². The van der Waals surface area contributed by atoms with Crippen molar-refractivity contribution in [2.24, 2.45) is 0 Å². The van der Waals surface area contributed by atoms with E-state index in [9.17, 15) is 8.42 Å². The molecule has 0 saturated carbocycles. The Bertz CT molecular complexity index is 773. The van der Waals surface area contributed by atoms with Crippen molar-refractivity contribution in [1.82, 2.24) is 4.72 Å². The highest BCUT2D eigenvalue weighted by molar-refractivity contribution is 7.89. The molecule has 5 nitrogen and oxygen atoms in total. The molecule has 7 heteroatoms.